The van der Waals surface area contributed by atoms with Gasteiger partial charge in [-0.1, -0.05) is 6.07 Å². The summed E-state index contributed by atoms with van der Waals surface area (Å²) in [5, 5.41) is 4.49. The van der Waals surface area contributed by atoms with Crippen molar-refractivity contribution in [3.05, 3.63) is 52.2 Å². The van der Waals surface area contributed by atoms with Crippen LogP contribution in [-0.4, -0.2) is 46.2 Å². The molecule has 0 aliphatic carbocycles. The van der Waals surface area contributed by atoms with Gasteiger partial charge in [0, 0.05) is 6.54 Å². The van der Waals surface area contributed by atoms with Crippen molar-refractivity contribution in [2.24, 2.45) is 0 Å². The summed E-state index contributed by atoms with van der Waals surface area (Å²) < 4.78 is 30.2. The number of sulfonamides is 1. The van der Waals surface area contributed by atoms with Crippen molar-refractivity contribution >= 4 is 38.9 Å². The molecule has 1 amide bonds. The van der Waals surface area contributed by atoms with Crippen LogP contribution in [0.25, 0.3) is 0 Å². The lowest BCUT2D eigenvalue weighted by Gasteiger charge is -2.22. The first-order valence-corrected chi connectivity index (χ1v) is 10.6. The van der Waals surface area contributed by atoms with E-state index in [-0.39, 0.29) is 25.6 Å². The largest absolute Gasteiger partial charge is 0.462 e. The Labute approximate surface area is 156 Å². The Morgan fingerprint density at radius 3 is 2.42 bits per heavy atom. The average molecular weight is 396 g/mol. The Morgan fingerprint density at radius 2 is 1.88 bits per heavy atom. The highest BCUT2D eigenvalue weighted by Gasteiger charge is 2.18. The molecular weight excluding hydrogens is 376 g/mol. The smallest absolute Gasteiger partial charge is 0.338 e. The number of nitrogens with one attached hydrogen (secondary N) is 1. The van der Waals surface area contributed by atoms with E-state index in [1.165, 1.54) is 39.9 Å². The van der Waals surface area contributed by atoms with Gasteiger partial charge >= 0.3 is 5.97 Å². The Hall–Kier alpha value is -2.39. The van der Waals surface area contributed by atoms with E-state index in [0.717, 1.165) is 6.26 Å². The molecule has 26 heavy (non-hydrogen) atoms. The molecule has 0 saturated carbocycles. The highest BCUT2D eigenvalue weighted by atomic mass is 32.2. The van der Waals surface area contributed by atoms with Gasteiger partial charge in [0.25, 0.3) is 5.91 Å². The fourth-order valence-corrected chi connectivity index (χ4v) is 3.80. The Morgan fingerprint density at radius 1 is 1.19 bits per heavy atom. The quantitative estimate of drug-likeness (QED) is 0.690. The van der Waals surface area contributed by atoms with Gasteiger partial charge in [0.1, 0.15) is 0 Å². The van der Waals surface area contributed by atoms with Crippen molar-refractivity contribution in [1.82, 2.24) is 5.32 Å². The van der Waals surface area contributed by atoms with Gasteiger partial charge in [-0.25, -0.2) is 13.2 Å². The molecule has 1 N–H and O–H groups in total. The van der Waals surface area contributed by atoms with Crippen LogP contribution in [0.3, 0.4) is 0 Å². The van der Waals surface area contributed by atoms with Crippen LogP contribution in [0.1, 0.15) is 27.0 Å². The molecule has 1 heterocycles. The summed E-state index contributed by atoms with van der Waals surface area (Å²) in [5.74, 6) is -0.709. The van der Waals surface area contributed by atoms with Crippen LogP contribution in [0.2, 0.25) is 0 Å². The summed E-state index contributed by atoms with van der Waals surface area (Å²) in [6.07, 6.45) is 1.09. The van der Waals surface area contributed by atoms with E-state index in [4.69, 9.17) is 4.74 Å². The van der Waals surface area contributed by atoms with E-state index in [1.54, 1.807) is 24.4 Å². The van der Waals surface area contributed by atoms with Crippen molar-refractivity contribution in [2.75, 3.05) is 30.3 Å². The van der Waals surface area contributed by atoms with Gasteiger partial charge in [-0.2, -0.15) is 0 Å². The van der Waals surface area contributed by atoms with Gasteiger partial charge in [0.15, 0.2) is 0 Å². The number of carbonyl (C=O) groups is 2. The number of rotatable bonds is 8. The molecule has 1 aromatic heterocycles. The first-order chi connectivity index (χ1) is 12.3. The summed E-state index contributed by atoms with van der Waals surface area (Å²) in [6, 6.07) is 9.56. The zero-order valence-electron chi connectivity index (χ0n) is 14.5. The van der Waals surface area contributed by atoms with Gasteiger partial charge in [-0.3, -0.25) is 9.10 Å². The maximum absolute atomic E-state index is 12.1. The monoisotopic (exact) mass is 396 g/mol. The number of esters is 1. The summed E-state index contributed by atoms with van der Waals surface area (Å²) >= 11 is 1.31. The fraction of sp³-hybridized carbons (Fsp3) is 0.294. The van der Waals surface area contributed by atoms with Crippen molar-refractivity contribution in [3.8, 4) is 0 Å². The maximum atomic E-state index is 12.1. The van der Waals surface area contributed by atoms with Crippen LogP contribution < -0.4 is 9.62 Å². The second-order valence-corrected chi connectivity index (χ2v) is 8.19. The first-order valence-electron chi connectivity index (χ1n) is 7.89. The third kappa shape index (κ3) is 5.30. The van der Waals surface area contributed by atoms with E-state index in [0.29, 0.717) is 16.1 Å². The molecule has 0 spiro atoms. The Bertz CT molecular complexity index is 846. The van der Waals surface area contributed by atoms with E-state index >= 15 is 0 Å². The molecule has 0 aliphatic heterocycles. The third-order valence-electron chi connectivity index (χ3n) is 3.41. The number of ether oxygens (including phenoxy) is 1. The summed E-state index contributed by atoms with van der Waals surface area (Å²) in [6.45, 7) is 2.21. The van der Waals surface area contributed by atoms with Crippen molar-refractivity contribution in [1.29, 1.82) is 0 Å². The summed E-state index contributed by atoms with van der Waals surface area (Å²) in [4.78, 5) is 24.2. The van der Waals surface area contributed by atoms with E-state index in [1.807, 2.05) is 0 Å². The zero-order valence-corrected chi connectivity index (χ0v) is 16.1. The number of carbonyl (C=O) groups excluding carboxylic acids is 2. The summed E-state index contributed by atoms with van der Waals surface area (Å²) in [7, 11) is -3.54. The molecule has 140 valence electrons. The minimum absolute atomic E-state index is 0.0781. The molecule has 0 atom stereocenters. The Balaban J connectivity index is 2.05. The van der Waals surface area contributed by atoms with Crippen LogP contribution in [0.5, 0.6) is 0 Å². The molecule has 1 aromatic carbocycles. The van der Waals surface area contributed by atoms with Crippen LogP contribution >= 0.6 is 11.3 Å². The van der Waals surface area contributed by atoms with Gasteiger partial charge in [0.2, 0.25) is 10.0 Å². The molecule has 0 radical (unpaired) electrons. The lowest BCUT2D eigenvalue weighted by molar-refractivity contribution is 0.0526. The normalized spacial score (nSPS) is 11.0. The number of benzene rings is 1. The molecule has 2 rings (SSSR count). The minimum Gasteiger partial charge on any atom is -0.462 e. The highest BCUT2D eigenvalue weighted by molar-refractivity contribution is 7.92. The molecule has 0 unspecified atom stereocenters. The number of thiophene rings is 1. The minimum atomic E-state index is -3.54. The van der Waals surface area contributed by atoms with Gasteiger partial charge in [0.05, 0.1) is 35.5 Å². The molecule has 0 fully saturated rings. The van der Waals surface area contributed by atoms with Gasteiger partial charge in [-0.05, 0) is 42.6 Å². The van der Waals surface area contributed by atoms with E-state index < -0.39 is 16.0 Å². The third-order valence-corrected chi connectivity index (χ3v) is 5.47. The highest BCUT2D eigenvalue weighted by Crippen LogP contribution is 2.18. The maximum Gasteiger partial charge on any atom is 0.338 e. The fourth-order valence-electron chi connectivity index (χ4n) is 2.23. The Kier molecular flexibility index (Phi) is 6.76. The van der Waals surface area contributed by atoms with Crippen LogP contribution in [0, 0.1) is 0 Å². The number of hydrogen-bond acceptors (Lipinski definition) is 6. The van der Waals surface area contributed by atoms with Crippen molar-refractivity contribution in [2.45, 2.75) is 6.92 Å². The van der Waals surface area contributed by atoms with Crippen LogP contribution in [0.4, 0.5) is 5.69 Å². The first kappa shape index (κ1) is 19.9. The van der Waals surface area contributed by atoms with Gasteiger partial charge in [-0.15, -0.1) is 11.3 Å². The average Bonchev–Trinajstić information content (AvgIpc) is 3.12. The van der Waals surface area contributed by atoms with Crippen molar-refractivity contribution in [3.63, 3.8) is 0 Å². The predicted molar refractivity (Wildman–Crippen MR) is 101 cm³/mol. The van der Waals surface area contributed by atoms with Crippen molar-refractivity contribution < 1.29 is 22.7 Å². The lowest BCUT2D eigenvalue weighted by Crippen LogP contribution is -2.38. The summed E-state index contributed by atoms with van der Waals surface area (Å²) in [5.41, 5.74) is 0.751. The predicted octanol–water partition coefficient (Wildman–Crippen LogP) is 2.12. The number of amides is 1. The van der Waals surface area contributed by atoms with E-state index in [9.17, 15) is 18.0 Å². The van der Waals surface area contributed by atoms with Crippen LogP contribution in [-0.2, 0) is 14.8 Å². The lowest BCUT2D eigenvalue weighted by atomic mass is 10.2. The molecule has 0 bridgehead atoms. The zero-order chi connectivity index (χ0) is 19.2. The second-order valence-electron chi connectivity index (χ2n) is 5.34. The second kappa shape index (κ2) is 8.81. The van der Waals surface area contributed by atoms with Crippen LogP contribution in [0.15, 0.2) is 41.8 Å². The topological polar surface area (TPSA) is 92.8 Å². The van der Waals surface area contributed by atoms with E-state index in [2.05, 4.69) is 5.32 Å². The molecule has 9 heteroatoms. The molecule has 7 nitrogen and oxygen atoms in total. The molecule has 0 saturated heterocycles. The molecule has 2 aromatic rings. The number of anilines is 1. The molecule has 0 aliphatic rings. The number of hydrogen-bond donors (Lipinski definition) is 1. The van der Waals surface area contributed by atoms with Gasteiger partial charge < -0.3 is 10.1 Å². The molecular formula is C17H20N2O5S2. The standard InChI is InChI=1S/C17H20N2O5S2/c1-3-24-17(21)13-6-8-14(9-7-13)19(26(2,22)23)11-10-18-16(20)15-5-4-12-25-15/h4-9,12H,3,10-11H2,1-2H3,(H,18,20). The number of nitrogens with zero attached hydrogens (tertiary/aromatic N) is 1. The SMILES string of the molecule is CCOC(=O)c1ccc(N(CCNC(=O)c2cccs2)S(C)(=O)=O)cc1.